The van der Waals surface area contributed by atoms with Crippen LogP contribution in [0.5, 0.6) is 0 Å². The van der Waals surface area contributed by atoms with Gasteiger partial charge in [0.2, 0.25) is 0 Å². The van der Waals surface area contributed by atoms with Crippen LogP contribution in [0, 0.1) is 11.8 Å². The van der Waals surface area contributed by atoms with E-state index in [4.69, 9.17) is 13.3 Å². The summed E-state index contributed by atoms with van der Waals surface area (Å²) in [6.07, 6.45) is 7.90. The highest BCUT2D eigenvalue weighted by atomic mass is 28.4. The van der Waals surface area contributed by atoms with E-state index in [1.807, 2.05) is 0 Å². The smallest absolute Gasteiger partial charge is 0.368 e. The Balaban J connectivity index is 1.66. The summed E-state index contributed by atoms with van der Waals surface area (Å²) in [6, 6.07) is 0. The van der Waals surface area contributed by atoms with Crippen LogP contribution in [0.2, 0.25) is 5.54 Å². The molecule has 4 aliphatic rings. The SMILES string of the molecule is CC1O[Si]2(C3CC4C=CC3C4)OC(C)C1O2. The summed E-state index contributed by atoms with van der Waals surface area (Å²) in [7, 11) is -2.33. The van der Waals surface area contributed by atoms with Crippen LogP contribution in [-0.2, 0) is 13.3 Å². The largest absolute Gasteiger partial charge is 0.505 e. The van der Waals surface area contributed by atoms with Gasteiger partial charge in [0.05, 0.1) is 18.3 Å². The number of hydrogen-bond acceptors (Lipinski definition) is 3. The van der Waals surface area contributed by atoms with Gasteiger partial charge in [-0.3, -0.25) is 0 Å². The Morgan fingerprint density at radius 1 is 1.00 bits per heavy atom. The summed E-state index contributed by atoms with van der Waals surface area (Å²) < 4.78 is 18.4. The van der Waals surface area contributed by atoms with Crippen molar-refractivity contribution in [1.82, 2.24) is 0 Å². The second kappa shape index (κ2) is 2.99. The second-order valence-corrected chi connectivity index (χ2v) is 8.37. The van der Waals surface area contributed by atoms with Gasteiger partial charge < -0.3 is 13.3 Å². The minimum atomic E-state index is -2.33. The summed E-state index contributed by atoms with van der Waals surface area (Å²) in [5.74, 6) is 1.42. The van der Waals surface area contributed by atoms with E-state index in [-0.39, 0.29) is 18.3 Å². The molecule has 5 atom stereocenters. The summed E-state index contributed by atoms with van der Waals surface area (Å²) >= 11 is 0. The van der Waals surface area contributed by atoms with Gasteiger partial charge in [0.15, 0.2) is 0 Å². The standard InChI is InChI=1S/C12H18O3Si/c1-7-12-8(2)14-16(13-7,15-12)11-6-9-3-4-10(11)5-9/h3-4,7-12H,5-6H2,1-2H3. The van der Waals surface area contributed by atoms with Crippen LogP contribution in [0.3, 0.4) is 0 Å². The average Bonchev–Trinajstić information content (AvgIpc) is 2.93. The Kier molecular flexibility index (Phi) is 1.83. The average molecular weight is 238 g/mol. The van der Waals surface area contributed by atoms with Crippen molar-refractivity contribution in [3.63, 3.8) is 0 Å². The zero-order valence-electron chi connectivity index (χ0n) is 9.76. The van der Waals surface area contributed by atoms with Crippen LogP contribution < -0.4 is 0 Å². The third kappa shape index (κ3) is 1.09. The Labute approximate surface area is 97.1 Å². The van der Waals surface area contributed by atoms with Crippen LogP contribution >= 0.6 is 0 Å². The zero-order chi connectivity index (χ0) is 10.9. The molecule has 4 bridgehead atoms. The summed E-state index contributed by atoms with van der Waals surface area (Å²) in [4.78, 5) is 0. The van der Waals surface area contributed by atoms with Gasteiger partial charge in [-0.05, 0) is 38.5 Å². The first-order chi connectivity index (χ1) is 7.68. The molecule has 0 radical (unpaired) electrons. The van der Waals surface area contributed by atoms with Gasteiger partial charge >= 0.3 is 8.80 Å². The van der Waals surface area contributed by atoms with Gasteiger partial charge in [0, 0.05) is 5.54 Å². The van der Waals surface area contributed by atoms with Crippen molar-refractivity contribution in [1.29, 1.82) is 0 Å². The molecule has 0 N–H and O–H groups in total. The zero-order valence-corrected chi connectivity index (χ0v) is 10.8. The predicted molar refractivity (Wildman–Crippen MR) is 60.8 cm³/mol. The lowest BCUT2D eigenvalue weighted by Crippen LogP contribution is -2.48. The Hall–Kier alpha value is -0.163. The molecule has 16 heavy (non-hydrogen) atoms. The fourth-order valence-electron chi connectivity index (χ4n) is 3.95. The van der Waals surface area contributed by atoms with Gasteiger partial charge in [-0.2, -0.15) is 0 Å². The van der Waals surface area contributed by atoms with Gasteiger partial charge in [-0.25, -0.2) is 0 Å². The number of fused-ring (bicyclic) bond motifs is 4. The maximum absolute atomic E-state index is 6.18. The molecule has 2 heterocycles. The molecule has 0 aromatic rings. The molecule has 4 rings (SSSR count). The van der Waals surface area contributed by atoms with Gasteiger partial charge in [0.1, 0.15) is 0 Å². The Morgan fingerprint density at radius 3 is 2.25 bits per heavy atom. The normalized spacial score (nSPS) is 62.4. The van der Waals surface area contributed by atoms with E-state index < -0.39 is 8.80 Å². The molecular weight excluding hydrogens is 220 g/mol. The van der Waals surface area contributed by atoms with Crippen LogP contribution in [-0.4, -0.2) is 27.1 Å². The molecule has 2 aliphatic carbocycles. The van der Waals surface area contributed by atoms with Gasteiger partial charge in [0.25, 0.3) is 0 Å². The molecule has 0 amide bonds. The second-order valence-electron chi connectivity index (χ2n) is 5.72. The molecule has 1 saturated carbocycles. The van der Waals surface area contributed by atoms with E-state index in [1.165, 1.54) is 12.8 Å². The minimum absolute atomic E-state index is 0.190. The van der Waals surface area contributed by atoms with E-state index in [0.717, 1.165) is 5.92 Å². The third-order valence-electron chi connectivity index (χ3n) is 4.66. The van der Waals surface area contributed by atoms with E-state index in [0.29, 0.717) is 11.5 Å². The van der Waals surface area contributed by atoms with E-state index in [2.05, 4.69) is 26.0 Å². The molecule has 0 aromatic heterocycles. The number of allylic oxidation sites excluding steroid dienone is 2. The first kappa shape index (κ1) is 9.83. The van der Waals surface area contributed by atoms with Crippen LogP contribution in [0.25, 0.3) is 0 Å². The highest BCUT2D eigenvalue weighted by Gasteiger charge is 2.68. The fourth-order valence-corrected chi connectivity index (χ4v) is 8.07. The molecule has 5 unspecified atom stereocenters. The van der Waals surface area contributed by atoms with Crippen molar-refractivity contribution in [2.45, 2.75) is 50.5 Å². The molecule has 0 aromatic carbocycles. The number of hydrogen-bond donors (Lipinski definition) is 0. The maximum atomic E-state index is 6.18. The van der Waals surface area contributed by atoms with Crippen molar-refractivity contribution in [3.8, 4) is 0 Å². The molecular formula is C12H18O3Si. The van der Waals surface area contributed by atoms with Gasteiger partial charge in [-0.1, -0.05) is 12.2 Å². The maximum Gasteiger partial charge on any atom is 0.505 e. The van der Waals surface area contributed by atoms with Crippen molar-refractivity contribution < 1.29 is 13.3 Å². The van der Waals surface area contributed by atoms with Crippen LogP contribution in [0.1, 0.15) is 26.7 Å². The first-order valence-electron chi connectivity index (χ1n) is 6.40. The highest BCUT2D eigenvalue weighted by molar-refractivity contribution is 6.64. The van der Waals surface area contributed by atoms with E-state index in [9.17, 15) is 0 Å². The highest BCUT2D eigenvalue weighted by Crippen LogP contribution is 2.56. The predicted octanol–water partition coefficient (Wildman–Crippen LogP) is 2.11. The summed E-state index contributed by atoms with van der Waals surface area (Å²) in [5, 5.41) is 0. The van der Waals surface area contributed by atoms with Crippen molar-refractivity contribution in [2.75, 3.05) is 0 Å². The molecule has 2 saturated heterocycles. The van der Waals surface area contributed by atoms with Gasteiger partial charge in [-0.15, -0.1) is 0 Å². The minimum Gasteiger partial charge on any atom is -0.368 e. The lowest BCUT2D eigenvalue weighted by molar-refractivity contribution is 0.0364. The van der Waals surface area contributed by atoms with Crippen molar-refractivity contribution >= 4 is 8.80 Å². The van der Waals surface area contributed by atoms with Crippen molar-refractivity contribution in [3.05, 3.63) is 12.2 Å². The Morgan fingerprint density at radius 2 is 1.75 bits per heavy atom. The number of rotatable bonds is 1. The van der Waals surface area contributed by atoms with Crippen LogP contribution in [0.15, 0.2) is 12.2 Å². The lowest BCUT2D eigenvalue weighted by atomic mass is 10.1. The van der Waals surface area contributed by atoms with E-state index in [1.54, 1.807) is 0 Å². The molecule has 3 nitrogen and oxygen atoms in total. The molecule has 4 heteroatoms. The quantitative estimate of drug-likeness (QED) is 0.517. The third-order valence-corrected chi connectivity index (χ3v) is 8.23. The van der Waals surface area contributed by atoms with E-state index >= 15 is 0 Å². The Bertz CT molecular complexity index is 344. The lowest BCUT2D eigenvalue weighted by Gasteiger charge is -2.33. The molecule has 2 aliphatic heterocycles. The molecule has 88 valence electrons. The molecule has 0 spiro atoms. The fraction of sp³-hybridized carbons (Fsp3) is 0.833. The molecule has 3 fully saturated rings. The van der Waals surface area contributed by atoms with Crippen molar-refractivity contribution in [2.24, 2.45) is 11.8 Å². The monoisotopic (exact) mass is 238 g/mol. The topological polar surface area (TPSA) is 27.7 Å². The summed E-state index contributed by atoms with van der Waals surface area (Å²) in [6.45, 7) is 4.25. The first-order valence-corrected chi connectivity index (χ1v) is 8.20. The summed E-state index contributed by atoms with van der Waals surface area (Å²) in [5.41, 5.74) is 0.542. The van der Waals surface area contributed by atoms with Crippen LogP contribution in [0.4, 0.5) is 0 Å².